The molecule has 7 rings (SSSR count). The number of carbonyl (C=O) groups is 2. The summed E-state index contributed by atoms with van der Waals surface area (Å²) in [5.41, 5.74) is 0.484. The average Bonchev–Trinajstić information content (AvgIpc) is 3.02. The van der Waals surface area contributed by atoms with E-state index < -0.39 is 35.6 Å². The molecule has 1 aromatic heterocycles. The van der Waals surface area contributed by atoms with E-state index in [-0.39, 0.29) is 11.1 Å². The lowest BCUT2D eigenvalue weighted by molar-refractivity contribution is -0.112. The third-order valence-electron chi connectivity index (χ3n) is 8.26. The number of hydrogen-bond acceptors (Lipinski definition) is 7. The standard InChI is InChI=1S/C37H30N2O7/c1-21-20-30(40)43-32-24(21)18-19-29-31(32)33(44-35(41)38-27-16-8-12-22-10-4-6-14-25(22)27)34(37(2,3)46-29)45-36(42)39-28-17-9-13-23-11-5-7-15-26(23)28/h4-20,33-34H,1-3H3,(H,38,41)(H,39,42)/t33-,34-/m1/s1. The Morgan fingerprint density at radius 3 is 1.91 bits per heavy atom. The second-order valence-electron chi connectivity index (χ2n) is 11.8. The van der Waals surface area contributed by atoms with E-state index in [2.05, 4.69) is 10.6 Å². The number of ether oxygens (including phenoxy) is 3. The third kappa shape index (κ3) is 5.26. The molecular formula is C37H30N2O7. The SMILES string of the molecule is Cc1cc(=O)oc2c3c(ccc12)OC(C)(C)[C@H](OC(=O)Nc1cccc2ccccc12)[C@@H]3OC(=O)Nc1cccc2ccccc12. The van der Waals surface area contributed by atoms with Gasteiger partial charge in [0, 0.05) is 22.2 Å². The highest BCUT2D eigenvalue weighted by molar-refractivity contribution is 6.01. The first kappa shape index (κ1) is 28.9. The van der Waals surface area contributed by atoms with Crippen molar-refractivity contribution >= 4 is 56.1 Å². The zero-order valence-electron chi connectivity index (χ0n) is 25.3. The number of carbonyl (C=O) groups excluding carboxylic acids is 2. The van der Waals surface area contributed by atoms with Gasteiger partial charge in [0.15, 0.2) is 12.2 Å². The molecule has 1 aliphatic rings. The first-order valence-electron chi connectivity index (χ1n) is 14.8. The molecule has 0 unspecified atom stereocenters. The van der Waals surface area contributed by atoms with Gasteiger partial charge in [-0.15, -0.1) is 0 Å². The number of amides is 2. The maximum absolute atomic E-state index is 13.7. The number of aryl methyl sites for hydroxylation is 1. The summed E-state index contributed by atoms with van der Waals surface area (Å²) in [6, 6.07) is 31.3. The molecule has 0 fully saturated rings. The van der Waals surface area contributed by atoms with Crippen molar-refractivity contribution in [1.82, 2.24) is 0 Å². The second kappa shape index (κ2) is 11.3. The van der Waals surface area contributed by atoms with Crippen LogP contribution in [-0.4, -0.2) is 23.9 Å². The van der Waals surface area contributed by atoms with E-state index in [9.17, 15) is 14.4 Å². The van der Waals surface area contributed by atoms with E-state index in [1.165, 1.54) is 6.07 Å². The Morgan fingerprint density at radius 2 is 1.28 bits per heavy atom. The fourth-order valence-corrected chi connectivity index (χ4v) is 6.11. The van der Waals surface area contributed by atoms with Crippen molar-refractivity contribution in [3.8, 4) is 5.75 Å². The van der Waals surface area contributed by atoms with Crippen molar-refractivity contribution in [2.75, 3.05) is 10.6 Å². The van der Waals surface area contributed by atoms with Crippen molar-refractivity contribution < 1.29 is 28.2 Å². The van der Waals surface area contributed by atoms with Crippen molar-refractivity contribution in [1.29, 1.82) is 0 Å². The normalized spacial score (nSPS) is 16.8. The van der Waals surface area contributed by atoms with Gasteiger partial charge in [0.2, 0.25) is 0 Å². The van der Waals surface area contributed by atoms with Crippen molar-refractivity contribution in [3.05, 3.63) is 125 Å². The Balaban J connectivity index is 1.28. The Kier molecular flexibility index (Phi) is 7.08. The minimum absolute atomic E-state index is 0.184. The summed E-state index contributed by atoms with van der Waals surface area (Å²) < 4.78 is 24.2. The highest BCUT2D eigenvalue weighted by Crippen LogP contribution is 2.47. The summed E-state index contributed by atoms with van der Waals surface area (Å²) >= 11 is 0. The highest BCUT2D eigenvalue weighted by Gasteiger charge is 2.50. The molecule has 6 aromatic rings. The molecule has 0 radical (unpaired) electrons. The first-order chi connectivity index (χ1) is 22.2. The van der Waals surface area contributed by atoms with Gasteiger partial charge in [-0.25, -0.2) is 14.4 Å². The minimum atomic E-state index is -1.22. The fraction of sp³-hybridized carbons (Fsp3) is 0.162. The largest absolute Gasteiger partial charge is 0.483 e. The van der Waals surface area contributed by atoms with Crippen LogP contribution in [-0.2, 0) is 9.47 Å². The Morgan fingerprint density at radius 1 is 0.717 bits per heavy atom. The number of benzene rings is 5. The van der Waals surface area contributed by atoms with Crippen LogP contribution in [0.15, 0.2) is 112 Å². The van der Waals surface area contributed by atoms with E-state index in [0.29, 0.717) is 28.1 Å². The molecule has 2 atom stereocenters. The number of hydrogen-bond donors (Lipinski definition) is 2. The van der Waals surface area contributed by atoms with Crippen molar-refractivity contribution in [2.24, 2.45) is 0 Å². The van der Waals surface area contributed by atoms with Gasteiger partial charge in [-0.2, -0.15) is 0 Å². The van der Waals surface area contributed by atoms with E-state index >= 15 is 0 Å². The number of nitrogens with one attached hydrogen (secondary N) is 2. The minimum Gasteiger partial charge on any atom is -0.483 e. The lowest BCUT2D eigenvalue weighted by Crippen LogP contribution is -2.52. The summed E-state index contributed by atoms with van der Waals surface area (Å²) in [6.07, 6.45) is -3.95. The molecule has 0 saturated carbocycles. The van der Waals surface area contributed by atoms with Crippen LogP contribution in [0.4, 0.5) is 21.0 Å². The number of rotatable bonds is 4. The monoisotopic (exact) mass is 614 g/mol. The van der Waals surface area contributed by atoms with Gasteiger partial charge in [-0.1, -0.05) is 72.8 Å². The Bertz CT molecular complexity index is 2210. The maximum Gasteiger partial charge on any atom is 0.412 e. The second-order valence-corrected chi connectivity index (χ2v) is 11.8. The summed E-state index contributed by atoms with van der Waals surface area (Å²) in [4.78, 5) is 39.8. The highest BCUT2D eigenvalue weighted by atomic mass is 16.6. The van der Waals surface area contributed by atoms with E-state index in [1.54, 1.807) is 45.0 Å². The smallest absolute Gasteiger partial charge is 0.412 e. The molecule has 2 heterocycles. The summed E-state index contributed by atoms with van der Waals surface area (Å²) in [6.45, 7) is 5.26. The molecular weight excluding hydrogens is 584 g/mol. The van der Waals surface area contributed by atoms with Crippen LogP contribution in [0.2, 0.25) is 0 Å². The predicted molar refractivity (Wildman–Crippen MR) is 177 cm³/mol. The average molecular weight is 615 g/mol. The van der Waals surface area contributed by atoms with Gasteiger partial charge < -0.3 is 18.6 Å². The van der Waals surface area contributed by atoms with Gasteiger partial charge >= 0.3 is 17.8 Å². The van der Waals surface area contributed by atoms with Crippen LogP contribution >= 0.6 is 0 Å². The molecule has 0 saturated heterocycles. The molecule has 230 valence electrons. The van der Waals surface area contributed by atoms with Crippen molar-refractivity contribution in [3.63, 3.8) is 0 Å². The Labute approximate surface area is 263 Å². The molecule has 5 aromatic carbocycles. The van der Waals surface area contributed by atoms with E-state index in [4.69, 9.17) is 18.6 Å². The van der Waals surface area contributed by atoms with Gasteiger partial charge in [-0.05, 0) is 61.4 Å². The van der Waals surface area contributed by atoms with Crippen LogP contribution in [0.5, 0.6) is 5.75 Å². The van der Waals surface area contributed by atoms with E-state index in [0.717, 1.165) is 21.5 Å². The lowest BCUT2D eigenvalue weighted by Gasteiger charge is -2.43. The zero-order chi connectivity index (χ0) is 32.0. The van der Waals surface area contributed by atoms with Gasteiger partial charge in [0.1, 0.15) is 16.9 Å². The molecule has 0 aliphatic carbocycles. The van der Waals surface area contributed by atoms with Crippen LogP contribution in [0.3, 0.4) is 0 Å². The maximum atomic E-state index is 13.7. The Hall–Kier alpha value is -5.83. The molecule has 9 heteroatoms. The molecule has 1 aliphatic heterocycles. The van der Waals surface area contributed by atoms with Crippen LogP contribution in [0.25, 0.3) is 32.5 Å². The molecule has 0 spiro atoms. The molecule has 9 nitrogen and oxygen atoms in total. The quantitative estimate of drug-likeness (QED) is 0.191. The van der Waals surface area contributed by atoms with Gasteiger partial charge in [0.25, 0.3) is 0 Å². The van der Waals surface area contributed by atoms with Crippen LogP contribution < -0.4 is 21.0 Å². The lowest BCUT2D eigenvalue weighted by atomic mass is 9.87. The summed E-state index contributed by atoms with van der Waals surface area (Å²) in [5, 5.41) is 9.84. The molecule has 2 N–H and O–H groups in total. The predicted octanol–water partition coefficient (Wildman–Crippen LogP) is 8.49. The third-order valence-corrected chi connectivity index (χ3v) is 8.26. The van der Waals surface area contributed by atoms with E-state index in [1.807, 2.05) is 72.8 Å². The van der Waals surface area contributed by atoms with Crippen LogP contribution in [0, 0.1) is 6.92 Å². The van der Waals surface area contributed by atoms with Gasteiger partial charge in [0.05, 0.1) is 16.9 Å². The number of anilines is 2. The molecule has 2 amide bonds. The van der Waals surface area contributed by atoms with Gasteiger partial charge in [-0.3, -0.25) is 10.6 Å². The summed E-state index contributed by atoms with van der Waals surface area (Å²) in [5.74, 6) is 0.337. The van der Waals surface area contributed by atoms with Crippen molar-refractivity contribution in [2.45, 2.75) is 38.6 Å². The summed E-state index contributed by atoms with van der Waals surface area (Å²) in [7, 11) is 0. The molecule has 0 bridgehead atoms. The van der Waals surface area contributed by atoms with Crippen LogP contribution in [0.1, 0.15) is 31.1 Å². The number of fused-ring (bicyclic) bond motifs is 5. The molecule has 46 heavy (non-hydrogen) atoms. The fourth-order valence-electron chi connectivity index (χ4n) is 6.11. The first-order valence-corrected chi connectivity index (χ1v) is 14.8. The zero-order valence-corrected chi connectivity index (χ0v) is 25.3. The topological polar surface area (TPSA) is 116 Å².